The molecule has 0 N–H and O–H groups in total. The highest BCUT2D eigenvalue weighted by molar-refractivity contribution is 5.87. The van der Waals surface area contributed by atoms with Crippen LogP contribution in [0, 0.1) is 0 Å². The summed E-state index contributed by atoms with van der Waals surface area (Å²) < 4.78 is 0. The molecule has 0 nitrogen and oxygen atoms in total. The van der Waals surface area contributed by atoms with Gasteiger partial charge >= 0.3 is 0 Å². The number of fused-ring (bicyclic) bond motifs is 3. The predicted molar refractivity (Wildman–Crippen MR) is 180 cm³/mol. The van der Waals surface area contributed by atoms with Gasteiger partial charge in [-0.2, -0.15) is 0 Å². The first kappa shape index (κ1) is 29.4. The van der Waals surface area contributed by atoms with Crippen molar-refractivity contribution in [3.63, 3.8) is 0 Å². The molecule has 41 heavy (non-hydrogen) atoms. The summed E-state index contributed by atoms with van der Waals surface area (Å²) in [5.74, 6) is 0. The molecule has 0 unspecified atom stereocenters. The van der Waals surface area contributed by atoms with Crippen LogP contribution < -0.4 is 0 Å². The zero-order valence-electron chi connectivity index (χ0n) is 26.9. The molecule has 0 heterocycles. The molecule has 0 aromatic heterocycles. The standard InChI is InChI=1S/C41H50/c1-9-11-17-28-19-13-15-21-32(28)36-24-30-23-31-25-37(33-22-16-14-20-29(33)18-12-10-2)39(41(6,7)8)27-35(31)34(30)26-38(36)40(3,4)5/h13-16,19-22,24-27H,9-12,17-18,23H2,1-8H3. The molecule has 0 bridgehead atoms. The predicted octanol–water partition coefficient (Wildman–Crippen LogP) is 11.9. The van der Waals surface area contributed by atoms with Crippen LogP contribution in [0.5, 0.6) is 0 Å². The van der Waals surface area contributed by atoms with Crippen molar-refractivity contribution in [1.29, 1.82) is 0 Å². The Labute approximate surface area is 250 Å². The molecule has 0 fully saturated rings. The van der Waals surface area contributed by atoms with Crippen molar-refractivity contribution in [1.82, 2.24) is 0 Å². The summed E-state index contributed by atoms with van der Waals surface area (Å²) in [4.78, 5) is 0. The second-order valence-corrected chi connectivity index (χ2v) is 14.3. The van der Waals surface area contributed by atoms with E-state index >= 15 is 0 Å². The van der Waals surface area contributed by atoms with E-state index in [1.54, 1.807) is 0 Å². The Morgan fingerprint density at radius 3 is 1.24 bits per heavy atom. The van der Waals surface area contributed by atoms with Crippen molar-refractivity contribution >= 4 is 0 Å². The van der Waals surface area contributed by atoms with Crippen LogP contribution in [-0.4, -0.2) is 0 Å². The fraction of sp³-hybridized carbons (Fsp3) is 0.415. The zero-order valence-corrected chi connectivity index (χ0v) is 26.9. The third-order valence-corrected chi connectivity index (χ3v) is 8.99. The van der Waals surface area contributed by atoms with Crippen LogP contribution in [0.25, 0.3) is 33.4 Å². The molecular formula is C41H50. The minimum atomic E-state index is 0.0516. The van der Waals surface area contributed by atoms with Crippen molar-refractivity contribution in [2.24, 2.45) is 0 Å². The van der Waals surface area contributed by atoms with Crippen molar-refractivity contribution in [2.45, 2.75) is 111 Å². The Morgan fingerprint density at radius 2 is 0.878 bits per heavy atom. The van der Waals surface area contributed by atoms with Crippen LogP contribution in [-0.2, 0) is 30.1 Å². The first-order valence-corrected chi connectivity index (χ1v) is 16.0. The van der Waals surface area contributed by atoms with Gasteiger partial charge in [0.1, 0.15) is 0 Å². The highest BCUT2D eigenvalue weighted by atomic mass is 14.3. The second kappa shape index (κ2) is 11.6. The molecule has 0 atom stereocenters. The van der Waals surface area contributed by atoms with Gasteiger partial charge in [0.05, 0.1) is 0 Å². The highest BCUT2D eigenvalue weighted by Gasteiger charge is 2.29. The molecule has 0 spiro atoms. The molecule has 0 saturated heterocycles. The number of aryl methyl sites for hydroxylation is 2. The van der Waals surface area contributed by atoms with Crippen molar-refractivity contribution in [2.75, 3.05) is 0 Å². The SMILES string of the molecule is CCCCc1ccccc1-c1cc2c(cc1C(C)(C)C)-c1cc(C(C)(C)C)c(-c3ccccc3CCCC)cc1C2. The van der Waals surface area contributed by atoms with Crippen molar-refractivity contribution in [3.05, 3.63) is 106 Å². The van der Waals surface area contributed by atoms with Gasteiger partial charge in [0.2, 0.25) is 0 Å². The molecule has 0 saturated carbocycles. The summed E-state index contributed by atoms with van der Waals surface area (Å²) in [6.45, 7) is 18.8. The average molecular weight is 543 g/mol. The van der Waals surface area contributed by atoms with Gasteiger partial charge in [-0.15, -0.1) is 0 Å². The molecule has 214 valence electrons. The van der Waals surface area contributed by atoms with Gasteiger partial charge in [-0.25, -0.2) is 0 Å². The summed E-state index contributed by atoms with van der Waals surface area (Å²) in [7, 11) is 0. The second-order valence-electron chi connectivity index (χ2n) is 14.3. The minimum Gasteiger partial charge on any atom is -0.0654 e. The largest absolute Gasteiger partial charge is 0.0654 e. The third kappa shape index (κ3) is 5.94. The van der Waals surface area contributed by atoms with Gasteiger partial charge in [-0.3, -0.25) is 0 Å². The van der Waals surface area contributed by atoms with Crippen LogP contribution in [0.15, 0.2) is 72.8 Å². The topological polar surface area (TPSA) is 0 Å². The van der Waals surface area contributed by atoms with Crippen LogP contribution in [0.4, 0.5) is 0 Å². The van der Waals surface area contributed by atoms with E-state index < -0.39 is 0 Å². The highest BCUT2D eigenvalue weighted by Crippen LogP contribution is 2.48. The Bertz CT molecular complexity index is 1420. The lowest BCUT2D eigenvalue weighted by Crippen LogP contribution is -2.14. The van der Waals surface area contributed by atoms with Crippen LogP contribution in [0.2, 0.25) is 0 Å². The molecular weight excluding hydrogens is 492 g/mol. The van der Waals surface area contributed by atoms with Gasteiger partial charge in [-0.1, -0.05) is 117 Å². The van der Waals surface area contributed by atoms with E-state index in [9.17, 15) is 0 Å². The molecule has 1 aliphatic carbocycles. The summed E-state index contributed by atoms with van der Waals surface area (Å²) in [6, 6.07) is 28.5. The van der Waals surface area contributed by atoms with Gasteiger partial charge in [0.25, 0.3) is 0 Å². The van der Waals surface area contributed by atoms with E-state index in [1.165, 1.54) is 92.4 Å². The first-order chi connectivity index (χ1) is 19.5. The Hall–Kier alpha value is -3.12. The van der Waals surface area contributed by atoms with E-state index in [-0.39, 0.29) is 10.8 Å². The molecule has 5 rings (SSSR count). The molecule has 0 aliphatic heterocycles. The fourth-order valence-electron chi connectivity index (χ4n) is 6.71. The number of rotatable bonds is 8. The molecule has 4 aromatic carbocycles. The molecule has 0 radical (unpaired) electrons. The summed E-state index contributed by atoms with van der Waals surface area (Å²) >= 11 is 0. The zero-order chi connectivity index (χ0) is 29.4. The van der Waals surface area contributed by atoms with Crippen molar-refractivity contribution in [3.8, 4) is 33.4 Å². The van der Waals surface area contributed by atoms with E-state index in [0.717, 1.165) is 19.3 Å². The lowest BCUT2D eigenvalue weighted by molar-refractivity contribution is 0.591. The summed E-state index contributed by atoms with van der Waals surface area (Å²) in [5.41, 5.74) is 17.5. The normalized spacial score (nSPS) is 12.9. The Kier molecular flexibility index (Phi) is 8.34. The van der Waals surface area contributed by atoms with E-state index in [1.807, 2.05) is 0 Å². The number of benzene rings is 4. The van der Waals surface area contributed by atoms with Gasteiger partial charge in [0.15, 0.2) is 0 Å². The Balaban J connectivity index is 1.70. The van der Waals surface area contributed by atoms with E-state index in [0.29, 0.717) is 0 Å². The lowest BCUT2D eigenvalue weighted by Gasteiger charge is -2.27. The van der Waals surface area contributed by atoms with E-state index in [4.69, 9.17) is 0 Å². The molecule has 0 amide bonds. The maximum Gasteiger partial charge on any atom is -0.00130 e. The maximum atomic E-state index is 2.55. The molecule has 4 aromatic rings. The van der Waals surface area contributed by atoms with Gasteiger partial charge in [-0.05, 0) is 134 Å². The number of hydrogen-bond acceptors (Lipinski definition) is 0. The van der Waals surface area contributed by atoms with Crippen LogP contribution >= 0.6 is 0 Å². The minimum absolute atomic E-state index is 0.0516. The average Bonchev–Trinajstić information content (AvgIpc) is 3.29. The fourth-order valence-corrected chi connectivity index (χ4v) is 6.71. The number of unbranched alkanes of at least 4 members (excludes halogenated alkanes) is 2. The van der Waals surface area contributed by atoms with Gasteiger partial charge in [0, 0.05) is 0 Å². The lowest BCUT2D eigenvalue weighted by atomic mass is 9.77. The maximum absolute atomic E-state index is 2.55. The van der Waals surface area contributed by atoms with Crippen LogP contribution in [0.1, 0.15) is 114 Å². The quantitative estimate of drug-likeness (QED) is 0.183. The monoisotopic (exact) mass is 542 g/mol. The van der Waals surface area contributed by atoms with E-state index in [2.05, 4.69) is 128 Å². The number of hydrogen-bond donors (Lipinski definition) is 0. The van der Waals surface area contributed by atoms with Gasteiger partial charge < -0.3 is 0 Å². The molecule has 0 heteroatoms. The smallest absolute Gasteiger partial charge is 0.00130 e. The summed E-state index contributed by atoms with van der Waals surface area (Å²) in [5, 5.41) is 0. The summed E-state index contributed by atoms with van der Waals surface area (Å²) in [6.07, 6.45) is 8.20. The third-order valence-electron chi connectivity index (χ3n) is 8.99. The first-order valence-electron chi connectivity index (χ1n) is 16.0. The Morgan fingerprint density at radius 1 is 0.488 bits per heavy atom. The molecule has 1 aliphatic rings. The van der Waals surface area contributed by atoms with Crippen molar-refractivity contribution < 1.29 is 0 Å². The van der Waals surface area contributed by atoms with Crippen LogP contribution in [0.3, 0.4) is 0 Å².